The van der Waals surface area contributed by atoms with Gasteiger partial charge < -0.3 is 5.32 Å². The van der Waals surface area contributed by atoms with Crippen molar-refractivity contribution in [2.24, 2.45) is 0 Å². The summed E-state index contributed by atoms with van der Waals surface area (Å²) < 4.78 is 0. The highest BCUT2D eigenvalue weighted by molar-refractivity contribution is 6.42. The Balaban J connectivity index is 2.19. The van der Waals surface area contributed by atoms with Gasteiger partial charge in [-0.25, -0.2) is 0 Å². The summed E-state index contributed by atoms with van der Waals surface area (Å²) in [5.74, 6) is 0. The number of benzene rings is 2. The molecule has 0 bridgehead atoms. The van der Waals surface area contributed by atoms with E-state index < -0.39 is 0 Å². The first-order valence-corrected chi connectivity index (χ1v) is 7.06. The van der Waals surface area contributed by atoms with Crippen molar-refractivity contribution in [1.29, 1.82) is 5.26 Å². The van der Waals surface area contributed by atoms with Crippen molar-refractivity contribution in [3.05, 3.63) is 62.6 Å². The van der Waals surface area contributed by atoms with Gasteiger partial charge in [0.25, 0.3) is 0 Å². The molecule has 0 aromatic heterocycles. The third kappa shape index (κ3) is 3.37. The summed E-state index contributed by atoms with van der Waals surface area (Å²) in [6, 6.07) is 12.8. The van der Waals surface area contributed by atoms with Crippen molar-refractivity contribution in [1.82, 2.24) is 0 Å². The van der Waals surface area contributed by atoms with Crippen molar-refractivity contribution in [3.8, 4) is 6.07 Å². The predicted octanol–water partition coefficient (Wildman–Crippen LogP) is 5.69. The van der Waals surface area contributed by atoms with Gasteiger partial charge in [-0.2, -0.15) is 5.26 Å². The molecule has 0 aliphatic carbocycles. The molecular formula is C15H11Cl3N2. The third-order valence-corrected chi connectivity index (χ3v) is 3.97. The zero-order valence-electron chi connectivity index (χ0n) is 10.6. The van der Waals surface area contributed by atoms with Gasteiger partial charge in [0, 0.05) is 11.7 Å². The molecule has 2 aromatic carbocycles. The molecule has 20 heavy (non-hydrogen) atoms. The van der Waals surface area contributed by atoms with Crippen molar-refractivity contribution in [3.63, 3.8) is 0 Å². The molecule has 1 N–H and O–H groups in total. The minimum atomic E-state index is 0.0359. The van der Waals surface area contributed by atoms with E-state index in [-0.39, 0.29) is 6.04 Å². The maximum atomic E-state index is 8.84. The molecule has 0 heterocycles. The van der Waals surface area contributed by atoms with E-state index in [1.807, 2.05) is 31.2 Å². The molecule has 1 unspecified atom stereocenters. The Labute approximate surface area is 132 Å². The molecule has 0 radical (unpaired) electrons. The van der Waals surface area contributed by atoms with E-state index in [0.717, 1.165) is 11.3 Å². The smallest absolute Gasteiger partial charge is 0.101 e. The zero-order chi connectivity index (χ0) is 14.7. The van der Waals surface area contributed by atoms with Crippen LogP contribution in [0.15, 0.2) is 36.4 Å². The van der Waals surface area contributed by atoms with Crippen LogP contribution in [0.4, 0.5) is 5.69 Å². The summed E-state index contributed by atoms with van der Waals surface area (Å²) in [5, 5.41) is 13.6. The van der Waals surface area contributed by atoms with Crippen molar-refractivity contribution in [2.45, 2.75) is 13.0 Å². The van der Waals surface area contributed by atoms with Crippen LogP contribution >= 0.6 is 34.8 Å². The van der Waals surface area contributed by atoms with E-state index in [9.17, 15) is 0 Å². The topological polar surface area (TPSA) is 35.8 Å². The van der Waals surface area contributed by atoms with Crippen molar-refractivity contribution in [2.75, 3.05) is 5.32 Å². The van der Waals surface area contributed by atoms with Crippen molar-refractivity contribution < 1.29 is 0 Å². The zero-order valence-corrected chi connectivity index (χ0v) is 12.9. The Morgan fingerprint density at radius 3 is 2.35 bits per heavy atom. The van der Waals surface area contributed by atoms with Gasteiger partial charge in [0.1, 0.15) is 6.07 Å². The Morgan fingerprint density at radius 2 is 1.75 bits per heavy atom. The Morgan fingerprint density at radius 1 is 1.00 bits per heavy atom. The fraction of sp³-hybridized carbons (Fsp3) is 0.133. The summed E-state index contributed by atoms with van der Waals surface area (Å²) in [6.45, 7) is 2.01. The molecule has 0 aliphatic heterocycles. The molecule has 2 rings (SSSR count). The molecular weight excluding hydrogens is 315 g/mol. The Hall–Kier alpha value is -1.40. The predicted molar refractivity (Wildman–Crippen MR) is 84.7 cm³/mol. The highest BCUT2D eigenvalue weighted by atomic mass is 35.5. The summed E-state index contributed by atoms with van der Waals surface area (Å²) in [7, 11) is 0. The molecule has 1 atom stereocenters. The number of halogens is 3. The van der Waals surface area contributed by atoms with Gasteiger partial charge in [-0.15, -0.1) is 0 Å². The van der Waals surface area contributed by atoms with E-state index in [4.69, 9.17) is 40.1 Å². The number of nitriles is 1. The van der Waals surface area contributed by atoms with Gasteiger partial charge >= 0.3 is 0 Å². The lowest BCUT2D eigenvalue weighted by atomic mass is 10.1. The average molecular weight is 326 g/mol. The lowest BCUT2D eigenvalue weighted by molar-refractivity contribution is 0.885. The highest BCUT2D eigenvalue weighted by Crippen LogP contribution is 2.28. The molecule has 0 saturated carbocycles. The van der Waals surface area contributed by atoms with Crippen LogP contribution in [0.3, 0.4) is 0 Å². The lowest BCUT2D eigenvalue weighted by Crippen LogP contribution is -2.06. The molecule has 0 spiro atoms. The standard InChI is InChI=1S/C15H11Cl3N2/c1-9(10-3-5-13(16)15(18)6-10)20-12-4-2-11(8-19)14(17)7-12/h2-7,9,20H,1H3. The third-order valence-electron chi connectivity index (χ3n) is 2.92. The van der Waals surface area contributed by atoms with E-state index in [1.54, 1.807) is 18.2 Å². The molecule has 0 amide bonds. The number of hydrogen-bond acceptors (Lipinski definition) is 2. The van der Waals surface area contributed by atoms with E-state index in [2.05, 4.69) is 5.32 Å². The summed E-state index contributed by atoms with van der Waals surface area (Å²) in [5.41, 5.74) is 2.31. The first kappa shape index (κ1) is 15.0. The first-order chi connectivity index (χ1) is 9.51. The van der Waals surface area contributed by atoms with Crippen LogP contribution in [0, 0.1) is 11.3 Å². The van der Waals surface area contributed by atoms with Crippen LogP contribution in [-0.2, 0) is 0 Å². The maximum Gasteiger partial charge on any atom is 0.101 e. The fourth-order valence-electron chi connectivity index (χ4n) is 1.81. The maximum absolute atomic E-state index is 8.84. The summed E-state index contributed by atoms with van der Waals surface area (Å²) >= 11 is 17.9. The first-order valence-electron chi connectivity index (χ1n) is 5.92. The molecule has 2 nitrogen and oxygen atoms in total. The monoisotopic (exact) mass is 324 g/mol. The Bertz CT molecular complexity index is 677. The summed E-state index contributed by atoms with van der Waals surface area (Å²) in [4.78, 5) is 0. The highest BCUT2D eigenvalue weighted by Gasteiger charge is 2.09. The lowest BCUT2D eigenvalue weighted by Gasteiger charge is -2.16. The molecule has 5 heteroatoms. The minimum Gasteiger partial charge on any atom is -0.378 e. The number of nitrogens with one attached hydrogen (secondary N) is 1. The Kier molecular flexibility index (Phi) is 4.77. The molecule has 0 saturated heterocycles. The SMILES string of the molecule is CC(Nc1ccc(C#N)c(Cl)c1)c1ccc(Cl)c(Cl)c1. The average Bonchev–Trinajstić information content (AvgIpc) is 2.42. The van der Waals surface area contributed by atoms with Gasteiger partial charge in [0.2, 0.25) is 0 Å². The van der Waals surface area contributed by atoms with Crippen LogP contribution in [-0.4, -0.2) is 0 Å². The quantitative estimate of drug-likeness (QED) is 0.786. The normalized spacial score (nSPS) is 11.8. The van der Waals surface area contributed by atoms with Crippen molar-refractivity contribution >= 4 is 40.5 Å². The number of nitrogens with zero attached hydrogens (tertiary/aromatic N) is 1. The largest absolute Gasteiger partial charge is 0.378 e. The summed E-state index contributed by atoms with van der Waals surface area (Å²) in [6.07, 6.45) is 0. The van der Waals surface area contributed by atoms with Crippen LogP contribution < -0.4 is 5.32 Å². The van der Waals surface area contributed by atoms with E-state index in [0.29, 0.717) is 20.6 Å². The number of rotatable bonds is 3. The van der Waals surface area contributed by atoms with E-state index in [1.165, 1.54) is 0 Å². The molecule has 0 aliphatic rings. The second-order valence-corrected chi connectivity index (χ2v) is 5.57. The second kappa shape index (κ2) is 6.37. The van der Waals surface area contributed by atoms with Gasteiger partial charge in [-0.05, 0) is 42.8 Å². The molecule has 0 fully saturated rings. The van der Waals surface area contributed by atoms with Crippen LogP contribution in [0.1, 0.15) is 24.1 Å². The number of anilines is 1. The van der Waals surface area contributed by atoms with Gasteiger partial charge in [0.05, 0.1) is 20.6 Å². The van der Waals surface area contributed by atoms with Crippen LogP contribution in [0.5, 0.6) is 0 Å². The van der Waals surface area contributed by atoms with Gasteiger partial charge in [-0.1, -0.05) is 40.9 Å². The van der Waals surface area contributed by atoms with Gasteiger partial charge in [-0.3, -0.25) is 0 Å². The number of hydrogen-bond donors (Lipinski definition) is 1. The fourth-order valence-corrected chi connectivity index (χ4v) is 2.34. The van der Waals surface area contributed by atoms with Crippen LogP contribution in [0.2, 0.25) is 15.1 Å². The molecule has 102 valence electrons. The van der Waals surface area contributed by atoms with Gasteiger partial charge in [0.15, 0.2) is 0 Å². The van der Waals surface area contributed by atoms with E-state index >= 15 is 0 Å². The minimum absolute atomic E-state index is 0.0359. The van der Waals surface area contributed by atoms with Crippen LogP contribution in [0.25, 0.3) is 0 Å². The second-order valence-electron chi connectivity index (χ2n) is 4.35. The molecule has 2 aromatic rings.